The van der Waals surface area contributed by atoms with Gasteiger partial charge in [0.1, 0.15) is 0 Å². The van der Waals surface area contributed by atoms with Crippen molar-refractivity contribution in [1.29, 1.82) is 0 Å². The van der Waals surface area contributed by atoms with Crippen molar-refractivity contribution in [3.63, 3.8) is 0 Å². The van der Waals surface area contributed by atoms with Gasteiger partial charge >= 0.3 is 41.7 Å². The minimum absolute atomic E-state index is 0. The van der Waals surface area contributed by atoms with Gasteiger partial charge < -0.3 is 15.4 Å². The van der Waals surface area contributed by atoms with Crippen LogP contribution < -0.4 is 0 Å². The van der Waals surface area contributed by atoms with E-state index in [9.17, 15) is 0 Å². The molecule has 0 aliphatic carbocycles. The van der Waals surface area contributed by atoms with Crippen LogP contribution >= 0.6 is 0 Å². The van der Waals surface area contributed by atoms with Gasteiger partial charge in [0.2, 0.25) is 0 Å². The molecular formula is CHCeO3. The van der Waals surface area contributed by atoms with Crippen molar-refractivity contribution >= 4 is 6.47 Å². The van der Waals surface area contributed by atoms with Crippen molar-refractivity contribution < 1.29 is 57.1 Å². The van der Waals surface area contributed by atoms with E-state index in [1.807, 2.05) is 0 Å². The van der Waals surface area contributed by atoms with Gasteiger partial charge in [-0.1, -0.05) is 6.47 Å². The van der Waals surface area contributed by atoms with Crippen LogP contribution in [0.2, 0.25) is 0 Å². The molecule has 0 aromatic rings. The molecule has 0 saturated carbocycles. The summed E-state index contributed by atoms with van der Waals surface area (Å²) in [5.74, 6) is 0. The first-order chi connectivity index (χ1) is 1.41. The second kappa shape index (κ2) is 21.3. The molecule has 0 rings (SSSR count). The monoisotopic (exact) mass is 201 g/mol. The van der Waals surface area contributed by atoms with E-state index in [0.29, 0.717) is 6.47 Å². The summed E-state index contributed by atoms with van der Waals surface area (Å²) in [5.41, 5.74) is 0. The maximum atomic E-state index is 8.24. The van der Waals surface area contributed by atoms with Crippen molar-refractivity contribution in [2.45, 2.75) is 0 Å². The molecule has 0 fully saturated rings. The fourth-order valence-corrected chi connectivity index (χ4v) is 0. The fraction of sp³-hybridized carbons (Fsp3) is 0. The predicted octanol–water partition coefficient (Wildman–Crippen LogP) is -0.507. The third kappa shape index (κ3) is 58.2. The molecule has 0 amide bonds. The summed E-state index contributed by atoms with van der Waals surface area (Å²) in [5, 5.41) is 6.76. The SMILES string of the molecule is O=[C-]O.[Ce+3].[O-2]. The Morgan fingerprint density at radius 2 is 1.60 bits per heavy atom. The summed E-state index contributed by atoms with van der Waals surface area (Å²) in [6, 6.07) is 0. The first-order valence-electron chi connectivity index (χ1n) is 0.428. The van der Waals surface area contributed by atoms with Crippen LogP contribution in [0.5, 0.6) is 0 Å². The van der Waals surface area contributed by atoms with E-state index in [4.69, 9.17) is 9.90 Å². The molecule has 1 radical (unpaired) electrons. The number of hydrogen-bond acceptors (Lipinski definition) is 1. The summed E-state index contributed by atoms with van der Waals surface area (Å²) >= 11 is 0. The zero-order chi connectivity index (χ0) is 2.71. The van der Waals surface area contributed by atoms with E-state index in [1.165, 1.54) is 0 Å². The van der Waals surface area contributed by atoms with E-state index >= 15 is 0 Å². The van der Waals surface area contributed by atoms with Gasteiger partial charge in [-0.15, -0.1) is 0 Å². The van der Waals surface area contributed by atoms with Crippen LogP contribution in [0.1, 0.15) is 0 Å². The molecule has 0 aliphatic heterocycles. The van der Waals surface area contributed by atoms with Crippen LogP contribution in [0.3, 0.4) is 0 Å². The van der Waals surface area contributed by atoms with Crippen molar-refractivity contribution in [1.82, 2.24) is 0 Å². The van der Waals surface area contributed by atoms with Crippen LogP contribution in [0.15, 0.2) is 0 Å². The third-order valence-corrected chi connectivity index (χ3v) is 0. The molecule has 5 heavy (non-hydrogen) atoms. The molecule has 1 N–H and O–H groups in total. The predicted molar refractivity (Wildman–Crippen MR) is 9.01 cm³/mol. The number of rotatable bonds is 0. The maximum absolute atomic E-state index is 8.24. The summed E-state index contributed by atoms with van der Waals surface area (Å²) < 4.78 is 0. The standard InChI is InChI=1S/CHO2.Ce.O/c2-1-3;;/h(H,2,3);;/q-1;+3;-2. The zero-order valence-electron chi connectivity index (χ0n) is 2.26. The van der Waals surface area contributed by atoms with Gasteiger partial charge in [-0.3, -0.25) is 0 Å². The smallest absolute Gasteiger partial charge is 2.00 e. The summed E-state index contributed by atoms with van der Waals surface area (Å²) in [6.45, 7) is 0.500. The molecule has 3 nitrogen and oxygen atoms in total. The van der Waals surface area contributed by atoms with Crippen molar-refractivity contribution in [2.75, 3.05) is 0 Å². The molecule has 0 unspecified atom stereocenters. The molecule has 0 spiro atoms. The van der Waals surface area contributed by atoms with Crippen LogP contribution in [0, 0.1) is 41.7 Å². The van der Waals surface area contributed by atoms with Gasteiger partial charge in [0, 0.05) is 0 Å². The van der Waals surface area contributed by atoms with Crippen LogP contribution in [0.4, 0.5) is 0 Å². The number of aliphatic hydroxyl groups excluding tert-OH is 1. The van der Waals surface area contributed by atoms with E-state index in [1.54, 1.807) is 0 Å². The zero-order valence-corrected chi connectivity index (χ0v) is 5.40. The average molecular weight is 201 g/mol. The Morgan fingerprint density at radius 1 is 1.60 bits per heavy atom. The second-order valence-electron chi connectivity index (χ2n) is 0.0913. The topological polar surface area (TPSA) is 65.8 Å². The van der Waals surface area contributed by atoms with Gasteiger partial charge in [0.25, 0.3) is 0 Å². The fourth-order valence-electron chi connectivity index (χ4n) is 0. The van der Waals surface area contributed by atoms with E-state index in [0.717, 1.165) is 0 Å². The Bertz CT molecular complexity index is 14.4. The van der Waals surface area contributed by atoms with Crippen LogP contribution in [-0.4, -0.2) is 11.6 Å². The third-order valence-electron chi connectivity index (χ3n) is 0. The van der Waals surface area contributed by atoms with E-state index < -0.39 is 0 Å². The summed E-state index contributed by atoms with van der Waals surface area (Å²) in [4.78, 5) is 8.24. The van der Waals surface area contributed by atoms with Gasteiger partial charge in [-0.25, -0.2) is 0 Å². The quantitative estimate of drug-likeness (QED) is 0.536. The van der Waals surface area contributed by atoms with Gasteiger partial charge in [-0.2, -0.15) is 0 Å². The van der Waals surface area contributed by atoms with Crippen molar-refractivity contribution in [3.05, 3.63) is 0 Å². The minimum atomic E-state index is 0. The molecule has 0 aromatic heterocycles. The molecule has 0 aromatic carbocycles. The summed E-state index contributed by atoms with van der Waals surface area (Å²) in [6.07, 6.45) is 0. The molecule has 0 aliphatic rings. The Kier molecular flexibility index (Phi) is 72.7. The average Bonchev–Trinajstić information content (AvgIpc) is 0.918. The Morgan fingerprint density at radius 3 is 1.60 bits per heavy atom. The van der Waals surface area contributed by atoms with Crippen LogP contribution in [-0.2, 0) is 10.3 Å². The summed E-state index contributed by atoms with van der Waals surface area (Å²) in [7, 11) is 0. The molecule has 27 valence electrons. The first kappa shape index (κ1) is 17.0. The van der Waals surface area contributed by atoms with Gasteiger partial charge in [0.15, 0.2) is 0 Å². The number of hydrogen-bond donors (Lipinski definition) is 1. The van der Waals surface area contributed by atoms with E-state index in [2.05, 4.69) is 0 Å². The molecule has 0 atom stereocenters. The Hall–Kier alpha value is 0.807. The first-order valence-corrected chi connectivity index (χ1v) is 0.428. The van der Waals surface area contributed by atoms with Crippen LogP contribution in [0.25, 0.3) is 0 Å². The normalized spacial score (nSPS) is 2.40. The van der Waals surface area contributed by atoms with Gasteiger partial charge in [-0.05, 0) is 0 Å². The second-order valence-corrected chi connectivity index (χ2v) is 0.0913. The largest absolute Gasteiger partial charge is 3.00 e. The Labute approximate surface area is 63.1 Å². The van der Waals surface area contributed by atoms with Crippen molar-refractivity contribution in [2.24, 2.45) is 0 Å². The van der Waals surface area contributed by atoms with Crippen molar-refractivity contribution in [3.8, 4) is 0 Å². The molecule has 0 bridgehead atoms. The van der Waals surface area contributed by atoms with E-state index in [-0.39, 0.29) is 47.2 Å². The maximum Gasteiger partial charge on any atom is 3.00 e. The molecule has 0 saturated heterocycles. The molecular weight excluding hydrogens is 200 g/mol. The minimum Gasteiger partial charge on any atom is -2.00 e. The van der Waals surface area contributed by atoms with Gasteiger partial charge in [0.05, 0.1) is 0 Å². The Balaban J connectivity index is -0.0000000200. The molecule has 0 heterocycles. The molecule has 4 heteroatoms.